The van der Waals surface area contributed by atoms with Gasteiger partial charge in [-0.25, -0.2) is 9.97 Å². The van der Waals surface area contributed by atoms with Crippen molar-refractivity contribution < 1.29 is 9.84 Å². The van der Waals surface area contributed by atoms with Gasteiger partial charge in [0.1, 0.15) is 24.4 Å². The fraction of sp³-hybridized carbons (Fsp3) is 0.292. The predicted molar refractivity (Wildman–Crippen MR) is 123 cm³/mol. The number of aryl methyl sites for hydroxylation is 2. The first-order valence-electron chi connectivity index (χ1n) is 10.6. The van der Waals surface area contributed by atoms with Crippen molar-refractivity contribution in [3.63, 3.8) is 0 Å². The molecule has 0 radical (unpaired) electrons. The Morgan fingerprint density at radius 1 is 1.38 bits per heavy atom. The van der Waals surface area contributed by atoms with Gasteiger partial charge < -0.3 is 20.1 Å². The second-order valence-corrected chi connectivity index (χ2v) is 7.70. The lowest BCUT2D eigenvalue weighted by Crippen LogP contribution is -2.32. The minimum absolute atomic E-state index is 0.00951. The Morgan fingerprint density at radius 3 is 2.91 bits per heavy atom. The smallest absolute Gasteiger partial charge is 0.242 e. The lowest BCUT2D eigenvalue weighted by molar-refractivity contribution is 0.104. The number of aromatic amines is 1. The van der Waals surface area contributed by atoms with Crippen LogP contribution in [0.15, 0.2) is 48.5 Å². The number of aliphatic hydroxyl groups is 1. The number of fused-ring (bicyclic) bond motifs is 1. The molecule has 32 heavy (non-hydrogen) atoms. The summed E-state index contributed by atoms with van der Waals surface area (Å²) in [6.07, 6.45) is 7.97. The molecule has 0 fully saturated rings. The molecule has 164 valence electrons. The Balaban J connectivity index is 1.61. The van der Waals surface area contributed by atoms with Crippen molar-refractivity contribution in [1.29, 1.82) is 5.26 Å². The third kappa shape index (κ3) is 4.21. The number of benzene rings is 1. The Hall–Kier alpha value is -3.67. The molecule has 1 aromatic carbocycles. The third-order valence-electron chi connectivity index (χ3n) is 5.59. The molecule has 3 aromatic rings. The molecular weight excluding hydrogens is 404 g/mol. The topological polar surface area (TPSA) is 119 Å². The molecule has 4 rings (SSSR count). The van der Waals surface area contributed by atoms with Gasteiger partial charge in [0, 0.05) is 33.8 Å². The quantitative estimate of drug-likeness (QED) is 0.420. The van der Waals surface area contributed by atoms with Crippen molar-refractivity contribution in [3.8, 4) is 17.7 Å². The number of ether oxygens (including phenoxy) is 1. The minimum Gasteiger partial charge on any atom is -0.437 e. The molecule has 0 aliphatic heterocycles. The van der Waals surface area contributed by atoms with Crippen LogP contribution in [0.4, 0.5) is 5.82 Å². The van der Waals surface area contributed by atoms with Gasteiger partial charge in [-0.05, 0) is 51.1 Å². The standard InChI is InChI=1S/C24H26N6O2/c1-4-17-18-11-14(2)29-20(18)9-10-21(17)32-24-19(12-25)22(27-13-28-24)30-16-7-5-15(6-8-16)23(31)26-3/h5,7-11,13,15,23,26,29,31H,4,6H2,1-3H3,(H,27,28,30). The summed E-state index contributed by atoms with van der Waals surface area (Å²) in [5.74, 6) is 1.23. The first kappa shape index (κ1) is 21.6. The highest BCUT2D eigenvalue weighted by Crippen LogP contribution is 2.34. The van der Waals surface area contributed by atoms with E-state index in [0.717, 1.165) is 34.3 Å². The van der Waals surface area contributed by atoms with Crippen LogP contribution >= 0.6 is 0 Å². The van der Waals surface area contributed by atoms with Gasteiger partial charge in [0.2, 0.25) is 5.88 Å². The number of rotatable bonds is 7. The van der Waals surface area contributed by atoms with Crippen LogP contribution in [0.3, 0.4) is 0 Å². The zero-order chi connectivity index (χ0) is 22.7. The number of nitrogens with zero attached hydrogens (tertiary/aromatic N) is 3. The maximum Gasteiger partial charge on any atom is 0.242 e. The Labute approximate surface area is 186 Å². The molecular formula is C24H26N6O2. The summed E-state index contributed by atoms with van der Waals surface area (Å²) in [4.78, 5) is 11.8. The monoisotopic (exact) mass is 430 g/mol. The van der Waals surface area contributed by atoms with Crippen molar-refractivity contribution in [3.05, 3.63) is 65.3 Å². The van der Waals surface area contributed by atoms with E-state index in [0.29, 0.717) is 18.0 Å². The van der Waals surface area contributed by atoms with Gasteiger partial charge in [-0.3, -0.25) is 5.32 Å². The van der Waals surface area contributed by atoms with Crippen LogP contribution in [-0.2, 0) is 6.42 Å². The molecule has 4 N–H and O–H groups in total. The maximum atomic E-state index is 9.93. The molecule has 1 aliphatic carbocycles. The molecule has 1 aliphatic rings. The van der Waals surface area contributed by atoms with E-state index >= 15 is 0 Å². The lowest BCUT2D eigenvalue weighted by Gasteiger charge is -2.21. The molecule has 2 unspecified atom stereocenters. The summed E-state index contributed by atoms with van der Waals surface area (Å²) in [7, 11) is 1.72. The normalized spacial score (nSPS) is 16.5. The fourth-order valence-electron chi connectivity index (χ4n) is 3.90. The summed E-state index contributed by atoms with van der Waals surface area (Å²) in [6, 6.07) is 8.13. The second kappa shape index (κ2) is 9.22. The molecule has 0 saturated carbocycles. The second-order valence-electron chi connectivity index (χ2n) is 7.70. The van der Waals surface area contributed by atoms with Crippen LogP contribution in [0.25, 0.3) is 10.9 Å². The number of allylic oxidation sites excluding steroid dienone is 2. The number of hydrogen-bond acceptors (Lipinski definition) is 7. The highest BCUT2D eigenvalue weighted by atomic mass is 16.5. The van der Waals surface area contributed by atoms with Gasteiger partial charge >= 0.3 is 0 Å². The number of H-pyrrole nitrogens is 1. The number of nitriles is 1. The van der Waals surface area contributed by atoms with Crippen LogP contribution < -0.4 is 15.4 Å². The summed E-state index contributed by atoms with van der Waals surface area (Å²) < 4.78 is 6.13. The largest absolute Gasteiger partial charge is 0.437 e. The van der Waals surface area contributed by atoms with Gasteiger partial charge in [0.15, 0.2) is 11.4 Å². The Morgan fingerprint density at radius 2 is 2.22 bits per heavy atom. The summed E-state index contributed by atoms with van der Waals surface area (Å²) in [5, 5.41) is 26.9. The van der Waals surface area contributed by atoms with E-state index in [1.165, 1.54) is 6.33 Å². The average molecular weight is 431 g/mol. The number of aliphatic hydroxyl groups excluding tert-OH is 1. The zero-order valence-corrected chi connectivity index (χ0v) is 18.3. The van der Waals surface area contributed by atoms with E-state index in [1.807, 2.05) is 37.3 Å². The number of anilines is 1. The van der Waals surface area contributed by atoms with Crippen molar-refractivity contribution in [2.75, 3.05) is 12.4 Å². The van der Waals surface area contributed by atoms with E-state index in [-0.39, 0.29) is 17.4 Å². The van der Waals surface area contributed by atoms with Crippen LogP contribution in [0.1, 0.15) is 30.2 Å². The van der Waals surface area contributed by atoms with Crippen LogP contribution in [0, 0.1) is 24.2 Å². The minimum atomic E-state index is -0.605. The highest BCUT2D eigenvalue weighted by molar-refractivity contribution is 5.86. The molecule has 2 heterocycles. The van der Waals surface area contributed by atoms with E-state index in [9.17, 15) is 10.4 Å². The van der Waals surface area contributed by atoms with E-state index in [2.05, 4.69) is 44.6 Å². The molecule has 0 spiro atoms. The first-order chi connectivity index (χ1) is 15.5. The SMILES string of the molecule is CCc1c(Oc2ncnc(NC3=CCC(C(O)NC)C=C3)c2C#N)ccc2[nH]c(C)cc12. The number of aromatic nitrogens is 3. The summed E-state index contributed by atoms with van der Waals surface area (Å²) in [5.41, 5.74) is 4.21. The fourth-order valence-corrected chi connectivity index (χ4v) is 3.90. The predicted octanol–water partition coefficient (Wildman–Crippen LogP) is 3.90. The lowest BCUT2D eigenvalue weighted by atomic mass is 9.97. The zero-order valence-electron chi connectivity index (χ0n) is 18.3. The Kier molecular flexibility index (Phi) is 6.21. The van der Waals surface area contributed by atoms with Crippen LogP contribution in [0.5, 0.6) is 11.6 Å². The van der Waals surface area contributed by atoms with Crippen LogP contribution in [-0.4, -0.2) is 33.3 Å². The van der Waals surface area contributed by atoms with Gasteiger partial charge in [0.05, 0.1) is 0 Å². The van der Waals surface area contributed by atoms with Gasteiger partial charge in [-0.1, -0.05) is 19.1 Å². The van der Waals surface area contributed by atoms with Gasteiger partial charge in [-0.15, -0.1) is 0 Å². The molecule has 8 heteroatoms. The van der Waals surface area contributed by atoms with E-state index < -0.39 is 6.23 Å². The van der Waals surface area contributed by atoms with Gasteiger partial charge in [-0.2, -0.15) is 5.26 Å². The molecule has 2 atom stereocenters. The van der Waals surface area contributed by atoms with E-state index in [4.69, 9.17) is 4.74 Å². The maximum absolute atomic E-state index is 9.93. The van der Waals surface area contributed by atoms with Crippen molar-refractivity contribution in [2.24, 2.45) is 5.92 Å². The highest BCUT2D eigenvalue weighted by Gasteiger charge is 2.19. The van der Waals surface area contributed by atoms with Gasteiger partial charge in [0.25, 0.3) is 0 Å². The molecule has 0 saturated heterocycles. The number of nitrogens with one attached hydrogen (secondary N) is 3. The molecule has 2 aromatic heterocycles. The molecule has 0 bridgehead atoms. The summed E-state index contributed by atoms with van der Waals surface area (Å²) >= 11 is 0. The average Bonchev–Trinajstić information content (AvgIpc) is 3.19. The van der Waals surface area contributed by atoms with Crippen molar-refractivity contribution in [2.45, 2.75) is 32.9 Å². The van der Waals surface area contributed by atoms with Crippen LogP contribution in [0.2, 0.25) is 0 Å². The molecule has 8 nitrogen and oxygen atoms in total. The third-order valence-corrected chi connectivity index (χ3v) is 5.59. The molecule has 0 amide bonds. The Bertz CT molecular complexity index is 1240. The number of hydrogen-bond donors (Lipinski definition) is 4. The summed E-state index contributed by atoms with van der Waals surface area (Å²) in [6.45, 7) is 4.09. The first-order valence-corrected chi connectivity index (χ1v) is 10.6. The van der Waals surface area contributed by atoms with E-state index in [1.54, 1.807) is 7.05 Å². The van der Waals surface area contributed by atoms with Crippen molar-refractivity contribution in [1.82, 2.24) is 20.3 Å². The van der Waals surface area contributed by atoms with Crippen molar-refractivity contribution >= 4 is 16.7 Å².